The average Bonchev–Trinajstić information content (AvgIpc) is 2.45. The number of rotatable bonds is 7. The normalized spacial score (nSPS) is 13.8. The Morgan fingerprint density at radius 2 is 1.86 bits per heavy atom. The molecule has 0 bridgehead atoms. The highest BCUT2D eigenvalue weighted by Gasteiger charge is 2.14. The van der Waals surface area contributed by atoms with Crippen molar-refractivity contribution >= 4 is 5.96 Å². The van der Waals surface area contributed by atoms with Gasteiger partial charge >= 0.3 is 0 Å². The average molecular weight is 290 g/mol. The molecule has 0 saturated heterocycles. The van der Waals surface area contributed by atoms with Gasteiger partial charge in [0.15, 0.2) is 5.96 Å². The molecule has 1 atom stereocenters. The highest BCUT2D eigenvalue weighted by Crippen LogP contribution is 2.18. The number of nitrogens with two attached hydrogens (primary N) is 1. The molecule has 0 spiro atoms. The molecular formula is C17H30N4. The topological polar surface area (TPSA) is 53.6 Å². The highest BCUT2D eigenvalue weighted by molar-refractivity contribution is 5.77. The van der Waals surface area contributed by atoms with Crippen LogP contribution in [0, 0.1) is 5.92 Å². The van der Waals surface area contributed by atoms with E-state index in [1.807, 2.05) is 0 Å². The lowest BCUT2D eigenvalue weighted by molar-refractivity contribution is 0.298. The first kappa shape index (κ1) is 17.5. The molecule has 1 aromatic carbocycles. The van der Waals surface area contributed by atoms with Crippen LogP contribution in [0.5, 0.6) is 0 Å². The summed E-state index contributed by atoms with van der Waals surface area (Å²) in [7, 11) is 4.17. The molecule has 3 N–H and O–H groups in total. The Kier molecular flexibility index (Phi) is 7.23. The van der Waals surface area contributed by atoms with Crippen LogP contribution in [-0.4, -0.2) is 38.0 Å². The van der Waals surface area contributed by atoms with Crippen molar-refractivity contribution in [3.05, 3.63) is 35.4 Å². The van der Waals surface area contributed by atoms with E-state index < -0.39 is 0 Å². The summed E-state index contributed by atoms with van der Waals surface area (Å²) in [6, 6.07) is 9.08. The standard InChI is InChI=1S/C17H30N4/c1-6-14-7-9-15(10-8-14)16(21(4)5)12-20-17(18)19-11-13(2)3/h7-10,13,16H,6,11-12H2,1-5H3,(H3,18,19,20). The number of aliphatic imine (C=N–C) groups is 1. The first-order chi connectivity index (χ1) is 9.93. The Morgan fingerprint density at radius 1 is 1.24 bits per heavy atom. The highest BCUT2D eigenvalue weighted by atomic mass is 15.2. The van der Waals surface area contributed by atoms with Gasteiger partial charge < -0.3 is 16.0 Å². The SMILES string of the molecule is CCc1ccc(C(CNC(N)=NCC(C)C)N(C)C)cc1. The summed E-state index contributed by atoms with van der Waals surface area (Å²) in [4.78, 5) is 6.54. The molecule has 0 aliphatic heterocycles. The Bertz CT molecular complexity index is 435. The van der Waals surface area contributed by atoms with Gasteiger partial charge in [-0.3, -0.25) is 4.99 Å². The Balaban J connectivity index is 2.67. The van der Waals surface area contributed by atoms with E-state index in [0.29, 0.717) is 11.9 Å². The summed E-state index contributed by atoms with van der Waals surface area (Å²) in [5.41, 5.74) is 8.57. The number of nitrogens with one attached hydrogen (secondary N) is 1. The molecule has 0 heterocycles. The van der Waals surface area contributed by atoms with Crippen LogP contribution in [0.3, 0.4) is 0 Å². The van der Waals surface area contributed by atoms with Gasteiger partial charge in [0.1, 0.15) is 0 Å². The van der Waals surface area contributed by atoms with Crippen LogP contribution < -0.4 is 11.1 Å². The third-order valence-corrected chi connectivity index (χ3v) is 3.50. The van der Waals surface area contributed by atoms with E-state index in [1.54, 1.807) is 0 Å². The lowest BCUT2D eigenvalue weighted by Gasteiger charge is -2.25. The maximum atomic E-state index is 5.91. The molecule has 0 aliphatic rings. The van der Waals surface area contributed by atoms with Crippen molar-refractivity contribution in [2.45, 2.75) is 33.2 Å². The van der Waals surface area contributed by atoms with Gasteiger partial charge in [0.05, 0.1) is 6.04 Å². The number of nitrogens with zero attached hydrogens (tertiary/aromatic N) is 2. The van der Waals surface area contributed by atoms with Crippen LogP contribution in [0.25, 0.3) is 0 Å². The van der Waals surface area contributed by atoms with Crippen LogP contribution >= 0.6 is 0 Å². The summed E-state index contributed by atoms with van der Waals surface area (Å²) < 4.78 is 0. The summed E-state index contributed by atoms with van der Waals surface area (Å²) in [5, 5.41) is 3.23. The molecule has 0 aliphatic carbocycles. The minimum atomic E-state index is 0.281. The Labute approximate surface area is 129 Å². The van der Waals surface area contributed by atoms with Crippen molar-refractivity contribution in [3.63, 3.8) is 0 Å². The van der Waals surface area contributed by atoms with Crippen molar-refractivity contribution in [2.24, 2.45) is 16.6 Å². The second-order valence-electron chi connectivity index (χ2n) is 6.08. The smallest absolute Gasteiger partial charge is 0.188 e. The van der Waals surface area contributed by atoms with Gasteiger partial charge in [-0.2, -0.15) is 0 Å². The molecule has 21 heavy (non-hydrogen) atoms. The summed E-state index contributed by atoms with van der Waals surface area (Å²) in [6.45, 7) is 7.96. The van der Waals surface area contributed by atoms with E-state index in [-0.39, 0.29) is 6.04 Å². The Hall–Kier alpha value is -1.55. The molecular weight excluding hydrogens is 260 g/mol. The van der Waals surface area contributed by atoms with E-state index in [2.05, 4.69) is 74.3 Å². The fraction of sp³-hybridized carbons (Fsp3) is 0.588. The first-order valence-electron chi connectivity index (χ1n) is 7.73. The minimum absolute atomic E-state index is 0.281. The third-order valence-electron chi connectivity index (χ3n) is 3.50. The van der Waals surface area contributed by atoms with Crippen LogP contribution in [0.1, 0.15) is 37.9 Å². The molecule has 118 valence electrons. The largest absolute Gasteiger partial charge is 0.370 e. The van der Waals surface area contributed by atoms with E-state index in [0.717, 1.165) is 19.5 Å². The molecule has 0 fully saturated rings. The second kappa shape index (κ2) is 8.67. The van der Waals surface area contributed by atoms with Gasteiger partial charge in [-0.1, -0.05) is 45.0 Å². The van der Waals surface area contributed by atoms with Crippen molar-refractivity contribution in [3.8, 4) is 0 Å². The van der Waals surface area contributed by atoms with Crippen molar-refractivity contribution in [1.82, 2.24) is 10.2 Å². The van der Waals surface area contributed by atoms with Crippen LogP contribution in [0.2, 0.25) is 0 Å². The minimum Gasteiger partial charge on any atom is -0.370 e. The molecule has 1 rings (SSSR count). The number of hydrogen-bond donors (Lipinski definition) is 2. The van der Waals surface area contributed by atoms with Gasteiger partial charge in [-0.15, -0.1) is 0 Å². The Morgan fingerprint density at radius 3 is 2.33 bits per heavy atom. The van der Waals surface area contributed by atoms with Crippen molar-refractivity contribution < 1.29 is 0 Å². The summed E-state index contributed by atoms with van der Waals surface area (Å²) in [5.74, 6) is 1.05. The number of guanidine groups is 1. The van der Waals surface area contributed by atoms with E-state index >= 15 is 0 Å². The quantitative estimate of drug-likeness (QED) is 0.599. The van der Waals surface area contributed by atoms with Gasteiger partial charge in [0.2, 0.25) is 0 Å². The van der Waals surface area contributed by atoms with Gasteiger partial charge in [-0.05, 0) is 37.6 Å². The van der Waals surface area contributed by atoms with Crippen LogP contribution in [0.15, 0.2) is 29.3 Å². The van der Waals surface area contributed by atoms with Crippen molar-refractivity contribution in [2.75, 3.05) is 27.2 Å². The summed E-state index contributed by atoms with van der Waals surface area (Å²) >= 11 is 0. The zero-order valence-electron chi connectivity index (χ0n) is 14.1. The predicted molar refractivity (Wildman–Crippen MR) is 91.6 cm³/mol. The molecule has 1 unspecified atom stereocenters. The molecule has 0 aromatic heterocycles. The zero-order valence-corrected chi connectivity index (χ0v) is 14.1. The molecule has 1 aromatic rings. The van der Waals surface area contributed by atoms with Crippen LogP contribution in [0.4, 0.5) is 0 Å². The molecule has 4 nitrogen and oxygen atoms in total. The second-order valence-corrected chi connectivity index (χ2v) is 6.08. The third kappa shape index (κ3) is 6.17. The predicted octanol–water partition coefficient (Wildman–Crippen LogP) is 2.41. The first-order valence-corrected chi connectivity index (χ1v) is 7.73. The molecule has 0 amide bonds. The number of hydrogen-bond acceptors (Lipinski definition) is 2. The van der Waals surface area contributed by atoms with Crippen LogP contribution in [-0.2, 0) is 6.42 Å². The lowest BCUT2D eigenvalue weighted by Crippen LogP contribution is -2.38. The van der Waals surface area contributed by atoms with Gasteiger partial charge in [0.25, 0.3) is 0 Å². The van der Waals surface area contributed by atoms with E-state index in [1.165, 1.54) is 11.1 Å². The number of benzene rings is 1. The fourth-order valence-electron chi connectivity index (χ4n) is 2.11. The fourth-order valence-corrected chi connectivity index (χ4v) is 2.11. The number of likely N-dealkylation sites (N-methyl/N-ethyl adjacent to an activating group) is 1. The van der Waals surface area contributed by atoms with Gasteiger partial charge in [0, 0.05) is 13.1 Å². The maximum Gasteiger partial charge on any atom is 0.188 e. The number of aryl methyl sites for hydroxylation is 1. The molecule has 4 heteroatoms. The van der Waals surface area contributed by atoms with E-state index in [4.69, 9.17) is 5.73 Å². The lowest BCUT2D eigenvalue weighted by atomic mass is 10.0. The molecule has 0 radical (unpaired) electrons. The monoisotopic (exact) mass is 290 g/mol. The van der Waals surface area contributed by atoms with Gasteiger partial charge in [-0.25, -0.2) is 0 Å². The maximum absolute atomic E-state index is 5.91. The van der Waals surface area contributed by atoms with E-state index in [9.17, 15) is 0 Å². The van der Waals surface area contributed by atoms with Crippen molar-refractivity contribution in [1.29, 1.82) is 0 Å². The molecule has 0 saturated carbocycles. The summed E-state index contributed by atoms with van der Waals surface area (Å²) in [6.07, 6.45) is 1.07. The zero-order chi connectivity index (χ0) is 15.8.